The number of hydrogen-bond acceptors (Lipinski definition) is 10. The molecule has 13 heteroatoms. The Morgan fingerprint density at radius 1 is 0.808 bits per heavy atom. The van der Waals surface area contributed by atoms with E-state index in [1.807, 2.05) is 60.7 Å². The molecular formula is C39H44N6O7. The zero-order chi connectivity index (χ0) is 36.2. The Bertz CT molecular complexity index is 1800. The number of anilines is 2. The number of benzene rings is 3. The average molecular weight is 709 g/mol. The van der Waals surface area contributed by atoms with Crippen LogP contribution in [0.5, 0.6) is 0 Å². The maximum atomic E-state index is 13.2. The fourth-order valence-corrected chi connectivity index (χ4v) is 7.31. The summed E-state index contributed by atoms with van der Waals surface area (Å²) in [6, 6.07) is 21.9. The molecule has 3 aromatic rings. The third-order valence-corrected chi connectivity index (χ3v) is 10.4. The third kappa shape index (κ3) is 7.80. The predicted molar refractivity (Wildman–Crippen MR) is 193 cm³/mol. The molecule has 1 N–H and O–H groups in total. The lowest BCUT2D eigenvalue weighted by atomic mass is 10.0. The van der Waals surface area contributed by atoms with Crippen molar-refractivity contribution in [2.24, 2.45) is 0 Å². The van der Waals surface area contributed by atoms with Crippen LogP contribution < -0.4 is 15.1 Å². The molecule has 7 rings (SSSR count). The van der Waals surface area contributed by atoms with Gasteiger partial charge in [0.05, 0.1) is 18.3 Å². The van der Waals surface area contributed by atoms with E-state index < -0.39 is 11.9 Å². The van der Waals surface area contributed by atoms with Crippen molar-refractivity contribution in [3.8, 4) is 0 Å². The van der Waals surface area contributed by atoms with Gasteiger partial charge < -0.3 is 29.2 Å². The fourth-order valence-electron chi connectivity index (χ4n) is 7.31. The number of carbonyl (C=O) groups is 5. The number of hydrogen-bond donors (Lipinski definition) is 1. The number of nitrogens with zero attached hydrogens (tertiary/aromatic N) is 5. The molecule has 4 aliphatic heterocycles. The number of ether oxygens (including phenoxy) is 1. The summed E-state index contributed by atoms with van der Waals surface area (Å²) in [5.74, 6) is -1.28. The Morgan fingerprint density at radius 2 is 1.48 bits per heavy atom. The molecule has 3 saturated heterocycles. The highest BCUT2D eigenvalue weighted by Gasteiger charge is 2.39. The number of hydroxylamine groups is 2. The molecule has 0 aliphatic carbocycles. The maximum Gasteiger partial charge on any atom is 0.357 e. The number of nitrogens with one attached hydrogen (secondary N) is 1. The largest absolute Gasteiger partial charge is 0.376 e. The highest BCUT2D eigenvalue weighted by Crippen LogP contribution is 2.31. The first-order chi connectivity index (χ1) is 25.2. The van der Waals surface area contributed by atoms with E-state index in [1.165, 1.54) is 0 Å². The van der Waals surface area contributed by atoms with E-state index in [9.17, 15) is 24.0 Å². The number of fused-ring (bicyclic) bond motifs is 1. The molecule has 52 heavy (non-hydrogen) atoms. The Kier molecular flexibility index (Phi) is 10.5. The third-order valence-electron chi connectivity index (χ3n) is 10.4. The molecule has 3 aromatic carbocycles. The number of piperazine rings is 1. The van der Waals surface area contributed by atoms with Crippen LogP contribution in [-0.2, 0) is 25.7 Å². The summed E-state index contributed by atoms with van der Waals surface area (Å²) in [6.07, 6.45) is 2.12. The van der Waals surface area contributed by atoms with Gasteiger partial charge in [0.2, 0.25) is 11.8 Å². The van der Waals surface area contributed by atoms with Crippen molar-refractivity contribution in [2.75, 3.05) is 69.3 Å². The van der Waals surface area contributed by atoms with Crippen molar-refractivity contribution in [3.05, 3.63) is 95.1 Å². The summed E-state index contributed by atoms with van der Waals surface area (Å²) >= 11 is 0. The van der Waals surface area contributed by atoms with E-state index in [0.717, 1.165) is 56.0 Å². The van der Waals surface area contributed by atoms with Crippen molar-refractivity contribution in [1.29, 1.82) is 0 Å². The van der Waals surface area contributed by atoms with Crippen molar-refractivity contribution in [2.45, 2.75) is 44.4 Å². The molecule has 0 spiro atoms. The Labute approximate surface area is 303 Å². The quantitative estimate of drug-likeness (QED) is 0.314. The van der Waals surface area contributed by atoms with E-state index in [0.29, 0.717) is 55.9 Å². The van der Waals surface area contributed by atoms with Crippen LogP contribution in [-0.4, -0.2) is 116 Å². The van der Waals surface area contributed by atoms with Gasteiger partial charge >= 0.3 is 5.97 Å². The van der Waals surface area contributed by atoms with Crippen LogP contribution in [0.1, 0.15) is 62.3 Å². The minimum absolute atomic E-state index is 0.0529. The van der Waals surface area contributed by atoms with Crippen molar-refractivity contribution in [3.63, 3.8) is 0 Å². The molecule has 0 radical (unpaired) electrons. The van der Waals surface area contributed by atoms with Gasteiger partial charge in [-0.3, -0.25) is 24.5 Å². The second kappa shape index (κ2) is 15.5. The zero-order valence-electron chi connectivity index (χ0n) is 29.4. The lowest BCUT2D eigenvalue weighted by Crippen LogP contribution is -2.52. The van der Waals surface area contributed by atoms with Gasteiger partial charge in [-0.1, -0.05) is 18.2 Å². The molecule has 0 aromatic heterocycles. The summed E-state index contributed by atoms with van der Waals surface area (Å²) in [7, 11) is 1.78. The van der Waals surface area contributed by atoms with E-state index >= 15 is 0 Å². The molecule has 0 bridgehead atoms. The second-order valence-electron chi connectivity index (χ2n) is 13.7. The fraction of sp³-hybridized carbons (Fsp3) is 0.410. The van der Waals surface area contributed by atoms with Crippen LogP contribution in [0.4, 0.5) is 11.4 Å². The van der Waals surface area contributed by atoms with Gasteiger partial charge in [-0.15, -0.1) is 5.06 Å². The van der Waals surface area contributed by atoms with E-state index in [4.69, 9.17) is 9.57 Å². The standard InChI is InChI=1S/C39H44N6O7/c1-41(23-24-51-32-15-17-44(18-16-32)52-39(50)28-5-3-2-4-6-28)37(48)27-7-9-30(10-8-27)42-19-21-43(22-20-42)31-11-12-33-29(25-31)26-45(38(33)49)34-13-14-35(46)40-36(34)47/h2-12,25,32,34H,13-24,26H2,1H3,(H,40,46,47)/t34-/m0/s1. The predicted octanol–water partition coefficient (Wildman–Crippen LogP) is 3.10. The van der Waals surface area contributed by atoms with Gasteiger partial charge in [-0.25, -0.2) is 4.79 Å². The number of likely N-dealkylation sites (N-methyl/N-ethyl adjacent to an activating group) is 1. The molecule has 4 amide bonds. The lowest BCUT2D eigenvalue weighted by molar-refractivity contribution is -0.140. The van der Waals surface area contributed by atoms with E-state index in [2.05, 4.69) is 15.1 Å². The first-order valence-electron chi connectivity index (χ1n) is 18.0. The molecule has 4 heterocycles. The molecule has 272 valence electrons. The number of rotatable bonds is 10. The highest BCUT2D eigenvalue weighted by molar-refractivity contribution is 6.05. The summed E-state index contributed by atoms with van der Waals surface area (Å²) in [5, 5.41) is 4.04. The smallest absolute Gasteiger partial charge is 0.357 e. The van der Waals surface area contributed by atoms with Crippen molar-refractivity contribution in [1.82, 2.24) is 20.2 Å². The molecule has 3 fully saturated rings. The first kappa shape index (κ1) is 35.1. The normalized spacial score (nSPS) is 19.8. The van der Waals surface area contributed by atoms with Gasteiger partial charge in [0.25, 0.3) is 11.8 Å². The zero-order valence-corrected chi connectivity index (χ0v) is 29.4. The minimum Gasteiger partial charge on any atom is -0.376 e. The van der Waals surface area contributed by atoms with Gasteiger partial charge in [-0.05, 0) is 79.4 Å². The maximum absolute atomic E-state index is 13.2. The Hall–Kier alpha value is -5.27. The monoisotopic (exact) mass is 708 g/mol. The molecule has 0 unspecified atom stereocenters. The molecule has 0 saturated carbocycles. The Balaban J connectivity index is 0.832. The number of imide groups is 1. The summed E-state index contributed by atoms with van der Waals surface area (Å²) in [4.78, 5) is 75.9. The molecule has 4 aliphatic rings. The van der Waals surface area contributed by atoms with Gasteiger partial charge in [0.15, 0.2) is 0 Å². The highest BCUT2D eigenvalue weighted by atomic mass is 16.7. The summed E-state index contributed by atoms with van der Waals surface area (Å²) in [5.41, 5.74) is 4.76. The minimum atomic E-state index is -0.623. The van der Waals surface area contributed by atoms with E-state index in [-0.39, 0.29) is 36.2 Å². The first-order valence-corrected chi connectivity index (χ1v) is 18.0. The number of piperidine rings is 2. The van der Waals surface area contributed by atoms with Crippen LogP contribution in [0.25, 0.3) is 0 Å². The topological polar surface area (TPSA) is 132 Å². The molecular weight excluding hydrogens is 664 g/mol. The van der Waals surface area contributed by atoms with E-state index in [1.54, 1.807) is 34.0 Å². The molecule has 1 atom stereocenters. The van der Waals surface area contributed by atoms with Crippen LogP contribution in [0, 0.1) is 0 Å². The van der Waals surface area contributed by atoms with Crippen molar-refractivity contribution >= 4 is 41.0 Å². The number of carbonyl (C=O) groups excluding carboxylic acids is 5. The summed E-state index contributed by atoms with van der Waals surface area (Å²) < 4.78 is 6.07. The van der Waals surface area contributed by atoms with Gasteiger partial charge in [-0.2, -0.15) is 0 Å². The van der Waals surface area contributed by atoms with Crippen LogP contribution >= 0.6 is 0 Å². The van der Waals surface area contributed by atoms with Crippen LogP contribution in [0.2, 0.25) is 0 Å². The SMILES string of the molecule is CN(CCOC1CCN(OC(=O)c2ccccc2)CC1)C(=O)c1ccc(N2CCN(c3ccc4c(c3)CN([C@H]3CCC(=O)NC3=O)C4=O)CC2)cc1. The number of amides is 4. The van der Waals surface area contributed by atoms with Crippen molar-refractivity contribution < 1.29 is 33.5 Å². The van der Waals surface area contributed by atoms with Gasteiger partial charge in [0.1, 0.15) is 6.04 Å². The summed E-state index contributed by atoms with van der Waals surface area (Å²) in [6.45, 7) is 5.65. The lowest BCUT2D eigenvalue weighted by Gasteiger charge is -2.37. The van der Waals surface area contributed by atoms with Crippen LogP contribution in [0.15, 0.2) is 72.8 Å². The van der Waals surface area contributed by atoms with Gasteiger partial charge in [0, 0.05) is 88.3 Å². The average Bonchev–Trinajstić information content (AvgIpc) is 3.50. The Morgan fingerprint density at radius 3 is 2.17 bits per heavy atom. The second-order valence-corrected chi connectivity index (χ2v) is 13.7. The molecule has 13 nitrogen and oxygen atoms in total. The van der Waals surface area contributed by atoms with Crippen LogP contribution in [0.3, 0.4) is 0 Å².